The highest BCUT2D eigenvalue weighted by atomic mass is 35.5. The number of methoxy groups -OCH3 is 1. The summed E-state index contributed by atoms with van der Waals surface area (Å²) in [6.45, 7) is 4.15. The lowest BCUT2D eigenvalue weighted by molar-refractivity contribution is 0.414. The van der Waals surface area contributed by atoms with Crippen molar-refractivity contribution in [1.29, 1.82) is 0 Å². The number of halogens is 1. The maximum atomic E-state index is 6.25. The molecule has 0 radical (unpaired) electrons. The Labute approximate surface area is 126 Å². The fourth-order valence-electron chi connectivity index (χ4n) is 2.49. The summed E-state index contributed by atoms with van der Waals surface area (Å²) in [5.41, 5.74) is 4.57. The standard InChI is InChI=1S/C15H13ClN2OS/c1-8-4-10(19-3)5-9(2)12(8)11-6-20-15-13(11)14(16)17-7-18-15/h4-7H,1-3H3. The number of aromatic nitrogens is 2. The lowest BCUT2D eigenvalue weighted by Crippen LogP contribution is -1.91. The Morgan fingerprint density at radius 2 is 1.85 bits per heavy atom. The van der Waals surface area contributed by atoms with Gasteiger partial charge < -0.3 is 4.74 Å². The van der Waals surface area contributed by atoms with Gasteiger partial charge in [-0.05, 0) is 42.7 Å². The number of rotatable bonds is 2. The van der Waals surface area contributed by atoms with Crippen molar-refractivity contribution in [3.05, 3.63) is 40.1 Å². The highest BCUT2D eigenvalue weighted by Gasteiger charge is 2.16. The molecule has 0 saturated carbocycles. The minimum absolute atomic E-state index is 0.501. The first kappa shape index (κ1) is 13.3. The zero-order valence-corrected chi connectivity index (χ0v) is 13.0. The third-order valence-electron chi connectivity index (χ3n) is 3.34. The molecule has 0 aliphatic heterocycles. The summed E-state index contributed by atoms with van der Waals surface area (Å²) in [6.07, 6.45) is 1.50. The van der Waals surface area contributed by atoms with Gasteiger partial charge in [0.1, 0.15) is 22.1 Å². The van der Waals surface area contributed by atoms with Crippen LogP contribution in [0, 0.1) is 13.8 Å². The quantitative estimate of drug-likeness (QED) is 0.647. The molecule has 3 nitrogen and oxygen atoms in total. The van der Waals surface area contributed by atoms with Crippen molar-refractivity contribution in [3.63, 3.8) is 0 Å². The molecule has 0 bridgehead atoms. The van der Waals surface area contributed by atoms with Gasteiger partial charge in [0.2, 0.25) is 0 Å². The van der Waals surface area contributed by atoms with E-state index in [-0.39, 0.29) is 0 Å². The van der Waals surface area contributed by atoms with Crippen LogP contribution in [0.3, 0.4) is 0 Å². The van der Waals surface area contributed by atoms with Gasteiger partial charge in [0, 0.05) is 10.9 Å². The number of ether oxygens (including phenoxy) is 1. The summed E-state index contributed by atoms with van der Waals surface area (Å²) >= 11 is 7.83. The van der Waals surface area contributed by atoms with E-state index in [1.165, 1.54) is 11.9 Å². The van der Waals surface area contributed by atoms with E-state index in [1.54, 1.807) is 18.4 Å². The molecular formula is C15H13ClN2OS. The van der Waals surface area contributed by atoms with Crippen LogP contribution in [-0.2, 0) is 0 Å². The maximum Gasteiger partial charge on any atom is 0.141 e. The minimum atomic E-state index is 0.501. The first-order chi connectivity index (χ1) is 9.61. The fourth-order valence-corrected chi connectivity index (χ4v) is 3.68. The molecule has 0 amide bonds. The van der Waals surface area contributed by atoms with Crippen LogP contribution in [0.2, 0.25) is 5.15 Å². The van der Waals surface area contributed by atoms with Crippen LogP contribution < -0.4 is 4.74 Å². The van der Waals surface area contributed by atoms with Gasteiger partial charge in [-0.2, -0.15) is 0 Å². The normalized spacial score (nSPS) is 11.0. The highest BCUT2D eigenvalue weighted by Crippen LogP contribution is 2.40. The SMILES string of the molecule is COc1cc(C)c(-c2csc3ncnc(Cl)c23)c(C)c1. The minimum Gasteiger partial charge on any atom is -0.497 e. The molecule has 0 aliphatic carbocycles. The van der Waals surface area contributed by atoms with E-state index in [2.05, 4.69) is 29.2 Å². The number of hydrogen-bond donors (Lipinski definition) is 0. The summed E-state index contributed by atoms with van der Waals surface area (Å²) < 4.78 is 5.31. The lowest BCUT2D eigenvalue weighted by atomic mass is 9.96. The van der Waals surface area contributed by atoms with Gasteiger partial charge in [0.05, 0.1) is 12.5 Å². The summed E-state index contributed by atoms with van der Waals surface area (Å²) in [6, 6.07) is 4.06. The molecule has 0 saturated heterocycles. The molecule has 20 heavy (non-hydrogen) atoms. The first-order valence-corrected chi connectivity index (χ1v) is 7.41. The number of benzene rings is 1. The highest BCUT2D eigenvalue weighted by molar-refractivity contribution is 7.17. The molecule has 0 aliphatic rings. The summed E-state index contributed by atoms with van der Waals surface area (Å²) in [4.78, 5) is 9.29. The average Bonchev–Trinajstić information content (AvgIpc) is 2.83. The monoisotopic (exact) mass is 304 g/mol. The molecule has 0 fully saturated rings. The Bertz CT molecular complexity index is 775. The third-order valence-corrected chi connectivity index (χ3v) is 4.51. The predicted molar refractivity (Wildman–Crippen MR) is 83.9 cm³/mol. The average molecular weight is 305 g/mol. The van der Waals surface area contributed by atoms with Gasteiger partial charge in [-0.25, -0.2) is 9.97 Å². The fraction of sp³-hybridized carbons (Fsp3) is 0.200. The van der Waals surface area contributed by atoms with Gasteiger partial charge in [-0.15, -0.1) is 11.3 Å². The lowest BCUT2D eigenvalue weighted by Gasteiger charge is -2.12. The van der Waals surface area contributed by atoms with Crippen molar-refractivity contribution in [2.24, 2.45) is 0 Å². The molecule has 3 aromatic rings. The van der Waals surface area contributed by atoms with Crippen LogP contribution >= 0.6 is 22.9 Å². The third kappa shape index (κ3) is 2.05. The number of thiophene rings is 1. The Balaban J connectivity index is 2.32. The zero-order valence-electron chi connectivity index (χ0n) is 11.4. The molecule has 0 N–H and O–H groups in total. The van der Waals surface area contributed by atoms with E-state index in [4.69, 9.17) is 16.3 Å². The Hall–Kier alpha value is -1.65. The van der Waals surface area contributed by atoms with Crippen molar-refractivity contribution in [2.45, 2.75) is 13.8 Å². The Kier molecular flexibility index (Phi) is 3.36. The van der Waals surface area contributed by atoms with Crippen molar-refractivity contribution < 1.29 is 4.74 Å². The van der Waals surface area contributed by atoms with E-state index in [9.17, 15) is 0 Å². The predicted octanol–water partition coefficient (Wildman–Crippen LogP) is 4.64. The Morgan fingerprint density at radius 1 is 1.15 bits per heavy atom. The summed E-state index contributed by atoms with van der Waals surface area (Å²) in [5.74, 6) is 0.866. The molecule has 0 atom stereocenters. The summed E-state index contributed by atoms with van der Waals surface area (Å²) in [5, 5.41) is 3.52. The van der Waals surface area contributed by atoms with Crippen LogP contribution in [0.5, 0.6) is 5.75 Å². The number of aryl methyl sites for hydroxylation is 2. The van der Waals surface area contributed by atoms with Crippen molar-refractivity contribution >= 4 is 33.2 Å². The first-order valence-electron chi connectivity index (χ1n) is 6.15. The molecular weight excluding hydrogens is 292 g/mol. The van der Waals surface area contributed by atoms with E-state index < -0.39 is 0 Å². The van der Waals surface area contributed by atoms with Crippen LogP contribution in [0.25, 0.3) is 21.3 Å². The zero-order chi connectivity index (χ0) is 14.3. The second kappa shape index (κ2) is 5.04. The molecule has 2 heterocycles. The van der Waals surface area contributed by atoms with E-state index in [1.807, 2.05) is 12.1 Å². The maximum absolute atomic E-state index is 6.25. The van der Waals surface area contributed by atoms with Crippen LogP contribution in [0.15, 0.2) is 23.8 Å². The molecule has 5 heteroatoms. The number of fused-ring (bicyclic) bond motifs is 1. The van der Waals surface area contributed by atoms with E-state index in [0.717, 1.165) is 32.7 Å². The molecule has 0 unspecified atom stereocenters. The number of hydrogen-bond acceptors (Lipinski definition) is 4. The molecule has 0 spiro atoms. The van der Waals surface area contributed by atoms with Gasteiger partial charge >= 0.3 is 0 Å². The van der Waals surface area contributed by atoms with Gasteiger partial charge in [0.25, 0.3) is 0 Å². The van der Waals surface area contributed by atoms with E-state index >= 15 is 0 Å². The molecule has 3 rings (SSSR count). The molecule has 102 valence electrons. The van der Waals surface area contributed by atoms with Crippen molar-refractivity contribution in [1.82, 2.24) is 9.97 Å². The smallest absolute Gasteiger partial charge is 0.141 e. The van der Waals surface area contributed by atoms with Crippen LogP contribution in [0.1, 0.15) is 11.1 Å². The Morgan fingerprint density at radius 3 is 2.50 bits per heavy atom. The molecule has 1 aromatic carbocycles. The second-order valence-electron chi connectivity index (χ2n) is 4.63. The van der Waals surface area contributed by atoms with Crippen molar-refractivity contribution in [2.75, 3.05) is 7.11 Å². The molecule has 2 aromatic heterocycles. The van der Waals surface area contributed by atoms with Crippen LogP contribution in [-0.4, -0.2) is 17.1 Å². The number of nitrogens with zero attached hydrogens (tertiary/aromatic N) is 2. The van der Waals surface area contributed by atoms with Gasteiger partial charge in [-0.1, -0.05) is 11.6 Å². The van der Waals surface area contributed by atoms with Gasteiger partial charge in [0.15, 0.2) is 0 Å². The second-order valence-corrected chi connectivity index (χ2v) is 5.85. The largest absolute Gasteiger partial charge is 0.497 e. The van der Waals surface area contributed by atoms with Crippen molar-refractivity contribution in [3.8, 4) is 16.9 Å². The topological polar surface area (TPSA) is 35.0 Å². The van der Waals surface area contributed by atoms with Crippen LogP contribution in [0.4, 0.5) is 0 Å². The van der Waals surface area contributed by atoms with Gasteiger partial charge in [-0.3, -0.25) is 0 Å². The van der Waals surface area contributed by atoms with E-state index in [0.29, 0.717) is 5.15 Å². The summed E-state index contributed by atoms with van der Waals surface area (Å²) in [7, 11) is 1.68.